The number of pyridine rings is 1. The van der Waals surface area contributed by atoms with E-state index in [9.17, 15) is 4.79 Å². The van der Waals surface area contributed by atoms with Crippen LogP contribution in [0.2, 0.25) is 10.3 Å². The number of carbonyl (C=O) groups excluding carboxylic acids is 1. The van der Waals surface area contributed by atoms with Gasteiger partial charge in [0.2, 0.25) is 0 Å². The fourth-order valence-corrected chi connectivity index (χ4v) is 1.60. The number of hydrogen-bond acceptors (Lipinski definition) is 3. The van der Waals surface area contributed by atoms with E-state index in [-0.39, 0.29) is 16.1 Å². The first-order valence-electron chi connectivity index (χ1n) is 4.03. The fourth-order valence-electron chi connectivity index (χ4n) is 1.14. The summed E-state index contributed by atoms with van der Waals surface area (Å²) in [5.74, 6) is -0.199. The van der Waals surface area contributed by atoms with Crippen molar-refractivity contribution in [1.82, 2.24) is 15.2 Å². The monoisotopic (exact) mass is 241 g/mol. The molecule has 0 unspecified atom stereocenters. The Morgan fingerprint density at radius 2 is 1.87 bits per heavy atom. The van der Waals surface area contributed by atoms with Gasteiger partial charge in [0.25, 0.3) is 0 Å². The highest BCUT2D eigenvalue weighted by Crippen LogP contribution is 2.17. The largest absolute Gasteiger partial charge is 0.288 e. The third kappa shape index (κ3) is 2.16. The minimum atomic E-state index is -0.199. The summed E-state index contributed by atoms with van der Waals surface area (Å²) in [6, 6.07) is 2.92. The lowest BCUT2D eigenvalue weighted by Crippen LogP contribution is -2.00. The van der Waals surface area contributed by atoms with E-state index in [0.29, 0.717) is 11.1 Å². The van der Waals surface area contributed by atoms with Gasteiger partial charge >= 0.3 is 0 Å². The Morgan fingerprint density at radius 1 is 1.20 bits per heavy atom. The molecule has 0 aliphatic heterocycles. The van der Waals surface area contributed by atoms with Gasteiger partial charge in [-0.1, -0.05) is 23.2 Å². The normalized spacial score (nSPS) is 10.3. The number of hydrogen-bond donors (Lipinski definition) is 1. The van der Waals surface area contributed by atoms with Gasteiger partial charge in [-0.3, -0.25) is 9.89 Å². The summed E-state index contributed by atoms with van der Waals surface area (Å²) in [5, 5.41) is 6.62. The maximum Gasteiger partial charge on any atom is 0.196 e. The first-order valence-corrected chi connectivity index (χ1v) is 4.79. The van der Waals surface area contributed by atoms with Gasteiger partial charge in [0.05, 0.1) is 11.8 Å². The van der Waals surface area contributed by atoms with E-state index < -0.39 is 0 Å². The standard InChI is InChI=1S/C9H5Cl2N3O/c10-7-1-5(2-8(11)14-7)9(15)6-3-12-13-4-6/h1-4H,(H,12,13). The third-order valence-corrected chi connectivity index (χ3v) is 2.17. The van der Waals surface area contributed by atoms with Gasteiger partial charge in [-0.15, -0.1) is 0 Å². The van der Waals surface area contributed by atoms with E-state index in [0.717, 1.165) is 0 Å². The molecular formula is C9H5Cl2N3O. The Balaban J connectivity index is 2.42. The zero-order valence-electron chi connectivity index (χ0n) is 7.37. The summed E-state index contributed by atoms with van der Waals surface area (Å²) in [6.07, 6.45) is 2.94. The molecule has 0 amide bonds. The van der Waals surface area contributed by atoms with E-state index in [4.69, 9.17) is 23.2 Å². The summed E-state index contributed by atoms with van der Waals surface area (Å²) in [6.45, 7) is 0. The average Bonchev–Trinajstić information content (AvgIpc) is 2.67. The van der Waals surface area contributed by atoms with Crippen molar-refractivity contribution in [2.24, 2.45) is 0 Å². The molecule has 0 aliphatic carbocycles. The lowest BCUT2D eigenvalue weighted by atomic mass is 10.1. The van der Waals surface area contributed by atoms with E-state index in [1.165, 1.54) is 24.5 Å². The van der Waals surface area contributed by atoms with Crippen LogP contribution in [-0.2, 0) is 0 Å². The average molecular weight is 242 g/mol. The van der Waals surface area contributed by atoms with E-state index >= 15 is 0 Å². The zero-order chi connectivity index (χ0) is 10.8. The SMILES string of the molecule is O=C(c1cn[nH]c1)c1cc(Cl)nc(Cl)c1. The maximum atomic E-state index is 11.8. The molecule has 2 aromatic rings. The highest BCUT2D eigenvalue weighted by atomic mass is 35.5. The van der Waals surface area contributed by atoms with E-state index in [1.807, 2.05) is 0 Å². The summed E-state index contributed by atoms with van der Waals surface area (Å²) >= 11 is 11.4. The van der Waals surface area contributed by atoms with Crippen molar-refractivity contribution in [2.45, 2.75) is 0 Å². The van der Waals surface area contributed by atoms with Gasteiger partial charge in [0.15, 0.2) is 5.78 Å². The Bertz CT molecular complexity index is 476. The van der Waals surface area contributed by atoms with Crippen molar-refractivity contribution in [3.63, 3.8) is 0 Å². The number of aromatic amines is 1. The summed E-state index contributed by atoms with van der Waals surface area (Å²) < 4.78 is 0. The first kappa shape index (κ1) is 10.1. The number of halogens is 2. The molecule has 2 rings (SSSR count). The van der Waals surface area contributed by atoms with Crippen molar-refractivity contribution in [3.05, 3.63) is 46.0 Å². The predicted molar refractivity (Wildman–Crippen MR) is 56.3 cm³/mol. The van der Waals surface area contributed by atoms with Crippen LogP contribution < -0.4 is 0 Å². The molecule has 15 heavy (non-hydrogen) atoms. The molecule has 4 nitrogen and oxygen atoms in total. The van der Waals surface area contributed by atoms with Crippen LogP contribution in [0.4, 0.5) is 0 Å². The summed E-state index contributed by atoms with van der Waals surface area (Å²) in [7, 11) is 0. The van der Waals surface area contributed by atoms with Gasteiger partial charge in [-0.05, 0) is 12.1 Å². The molecule has 0 aromatic carbocycles. The molecule has 2 aromatic heterocycles. The van der Waals surface area contributed by atoms with Crippen LogP contribution in [0.5, 0.6) is 0 Å². The van der Waals surface area contributed by atoms with Crippen molar-refractivity contribution >= 4 is 29.0 Å². The number of aromatic nitrogens is 3. The predicted octanol–water partition coefficient (Wildman–Crippen LogP) is 2.34. The second-order valence-corrected chi connectivity index (χ2v) is 3.59. The van der Waals surface area contributed by atoms with Gasteiger partial charge < -0.3 is 0 Å². The van der Waals surface area contributed by atoms with Crippen LogP contribution in [0.1, 0.15) is 15.9 Å². The van der Waals surface area contributed by atoms with Crippen molar-refractivity contribution in [1.29, 1.82) is 0 Å². The topological polar surface area (TPSA) is 58.6 Å². The molecule has 76 valence electrons. The molecule has 0 radical (unpaired) electrons. The van der Waals surface area contributed by atoms with Gasteiger partial charge in [-0.2, -0.15) is 5.10 Å². The van der Waals surface area contributed by atoms with Crippen LogP contribution in [0, 0.1) is 0 Å². The molecule has 0 spiro atoms. The van der Waals surface area contributed by atoms with E-state index in [1.54, 1.807) is 0 Å². The van der Waals surface area contributed by atoms with Crippen LogP contribution in [0.3, 0.4) is 0 Å². The molecule has 2 heterocycles. The van der Waals surface area contributed by atoms with Crippen molar-refractivity contribution < 1.29 is 4.79 Å². The summed E-state index contributed by atoms with van der Waals surface area (Å²) in [5.41, 5.74) is 0.842. The second kappa shape index (κ2) is 4.00. The number of nitrogens with one attached hydrogen (secondary N) is 1. The van der Waals surface area contributed by atoms with Crippen LogP contribution in [0.25, 0.3) is 0 Å². The molecule has 0 saturated carbocycles. The number of carbonyl (C=O) groups is 1. The smallest absolute Gasteiger partial charge is 0.196 e. The maximum absolute atomic E-state index is 11.8. The van der Waals surface area contributed by atoms with Gasteiger partial charge in [-0.25, -0.2) is 4.98 Å². The zero-order valence-corrected chi connectivity index (χ0v) is 8.88. The molecule has 0 fully saturated rings. The highest BCUT2D eigenvalue weighted by Gasteiger charge is 2.11. The molecule has 6 heteroatoms. The molecule has 1 N–H and O–H groups in total. The van der Waals surface area contributed by atoms with Crippen LogP contribution in [-0.4, -0.2) is 21.0 Å². The van der Waals surface area contributed by atoms with Gasteiger partial charge in [0.1, 0.15) is 10.3 Å². The molecule has 0 aliphatic rings. The van der Waals surface area contributed by atoms with E-state index in [2.05, 4.69) is 15.2 Å². The molecule has 0 saturated heterocycles. The number of H-pyrrole nitrogens is 1. The number of nitrogens with zero attached hydrogens (tertiary/aromatic N) is 2. The Labute approximate surface area is 95.2 Å². The third-order valence-electron chi connectivity index (χ3n) is 1.79. The lowest BCUT2D eigenvalue weighted by Gasteiger charge is -1.99. The fraction of sp³-hybridized carbons (Fsp3) is 0. The Morgan fingerprint density at radius 3 is 2.40 bits per heavy atom. The van der Waals surface area contributed by atoms with Crippen LogP contribution >= 0.6 is 23.2 Å². The molecule has 0 bridgehead atoms. The molecule has 0 atom stereocenters. The second-order valence-electron chi connectivity index (χ2n) is 2.82. The van der Waals surface area contributed by atoms with Gasteiger partial charge in [0, 0.05) is 11.8 Å². The highest BCUT2D eigenvalue weighted by molar-refractivity contribution is 6.33. The summed E-state index contributed by atoms with van der Waals surface area (Å²) in [4.78, 5) is 15.6. The Kier molecular flexibility index (Phi) is 2.70. The van der Waals surface area contributed by atoms with Crippen molar-refractivity contribution in [3.8, 4) is 0 Å². The first-order chi connectivity index (χ1) is 7.16. The molecular weight excluding hydrogens is 237 g/mol. The number of ketones is 1. The Hall–Kier alpha value is -1.39. The van der Waals surface area contributed by atoms with Crippen molar-refractivity contribution in [2.75, 3.05) is 0 Å². The lowest BCUT2D eigenvalue weighted by molar-refractivity contribution is 0.103. The quantitative estimate of drug-likeness (QED) is 0.649. The minimum Gasteiger partial charge on any atom is -0.288 e. The van der Waals surface area contributed by atoms with Crippen LogP contribution in [0.15, 0.2) is 24.5 Å². The minimum absolute atomic E-state index is 0.189. The number of rotatable bonds is 2.